The van der Waals surface area contributed by atoms with Crippen LogP contribution in [0.3, 0.4) is 0 Å². The van der Waals surface area contributed by atoms with Crippen LogP contribution in [0.25, 0.3) is 17.0 Å². The minimum Gasteiger partial charge on any atom is -0.309 e. The predicted octanol–water partition coefficient (Wildman–Crippen LogP) is 4.56. The number of amides is 1. The quantitative estimate of drug-likeness (QED) is 0.744. The van der Waals surface area contributed by atoms with Crippen LogP contribution in [-0.2, 0) is 4.79 Å². The van der Waals surface area contributed by atoms with Gasteiger partial charge < -0.3 is 5.32 Å². The number of carbonyl (C=O) groups is 1. The molecule has 25 heavy (non-hydrogen) atoms. The molecular weight excluding hydrogens is 343 g/mol. The Bertz CT molecular complexity index is 946. The van der Waals surface area contributed by atoms with Crippen LogP contribution < -0.4 is 5.32 Å². The molecule has 1 amide bonds. The molecule has 0 aliphatic rings. The number of hydrogen-bond donors (Lipinski definition) is 1. The van der Waals surface area contributed by atoms with Crippen LogP contribution in [0, 0.1) is 11.2 Å². The third-order valence-corrected chi connectivity index (χ3v) is 3.73. The number of rotatable bonds is 3. The first kappa shape index (κ1) is 17.4. The Morgan fingerprint density at radius 2 is 2.08 bits per heavy atom. The highest BCUT2D eigenvalue weighted by molar-refractivity contribution is 6.30. The van der Waals surface area contributed by atoms with Gasteiger partial charge in [-0.05, 0) is 29.7 Å². The number of pyridine rings is 2. The lowest BCUT2D eigenvalue weighted by molar-refractivity contribution is -0.117. The molecule has 0 spiro atoms. The van der Waals surface area contributed by atoms with Crippen molar-refractivity contribution in [3.05, 3.63) is 47.5 Å². The van der Waals surface area contributed by atoms with E-state index in [1.54, 1.807) is 28.8 Å². The van der Waals surface area contributed by atoms with E-state index in [-0.39, 0.29) is 11.3 Å². The second-order valence-corrected chi connectivity index (χ2v) is 7.47. The van der Waals surface area contributed by atoms with Gasteiger partial charge in [0.1, 0.15) is 17.2 Å². The van der Waals surface area contributed by atoms with E-state index in [9.17, 15) is 9.18 Å². The third kappa shape index (κ3) is 3.96. The number of hydrogen-bond acceptors (Lipinski definition) is 3. The van der Waals surface area contributed by atoms with Crippen molar-refractivity contribution < 1.29 is 9.18 Å². The van der Waals surface area contributed by atoms with Crippen LogP contribution in [0.5, 0.6) is 0 Å². The van der Waals surface area contributed by atoms with Crippen LogP contribution in [0.4, 0.5) is 10.2 Å². The van der Waals surface area contributed by atoms with Crippen LogP contribution in [-0.4, -0.2) is 20.3 Å². The summed E-state index contributed by atoms with van der Waals surface area (Å²) in [4.78, 5) is 21.0. The fraction of sp³-hybridized carbons (Fsp3) is 0.278. The van der Waals surface area contributed by atoms with E-state index in [1.807, 2.05) is 20.8 Å². The lowest BCUT2D eigenvalue weighted by Gasteiger charge is -2.17. The van der Waals surface area contributed by atoms with E-state index < -0.39 is 5.82 Å². The lowest BCUT2D eigenvalue weighted by atomic mass is 9.92. The molecule has 3 heterocycles. The summed E-state index contributed by atoms with van der Waals surface area (Å²) in [5.41, 5.74) is 1.32. The number of aromatic nitrogens is 3. The third-order valence-electron chi connectivity index (χ3n) is 3.50. The average Bonchev–Trinajstić information content (AvgIpc) is 2.82. The summed E-state index contributed by atoms with van der Waals surface area (Å²) in [6.45, 7) is 5.93. The summed E-state index contributed by atoms with van der Waals surface area (Å²) in [6.07, 6.45) is 3.19. The van der Waals surface area contributed by atoms with Crippen molar-refractivity contribution in [1.82, 2.24) is 14.4 Å². The second-order valence-electron chi connectivity index (χ2n) is 7.03. The SMILES string of the molecule is CC(C)(C)CC(=O)Nc1nc2ccc(F)cn2c1-c1cc(Cl)ccn1. The van der Waals surface area contributed by atoms with Gasteiger partial charge in [-0.1, -0.05) is 32.4 Å². The molecule has 5 nitrogen and oxygen atoms in total. The van der Waals surface area contributed by atoms with E-state index in [1.165, 1.54) is 12.3 Å². The average molecular weight is 361 g/mol. The number of fused-ring (bicyclic) bond motifs is 1. The molecule has 3 rings (SSSR count). The van der Waals surface area contributed by atoms with Crippen LogP contribution in [0.2, 0.25) is 5.02 Å². The van der Waals surface area contributed by atoms with Crippen LogP contribution >= 0.6 is 11.6 Å². The Labute approximate surface area is 149 Å². The molecule has 0 aliphatic heterocycles. The molecule has 7 heteroatoms. The number of carbonyl (C=O) groups excluding carboxylic acids is 1. The minimum absolute atomic E-state index is 0.163. The minimum atomic E-state index is -0.416. The lowest BCUT2D eigenvalue weighted by Crippen LogP contribution is -2.20. The number of imidazole rings is 1. The van der Waals surface area contributed by atoms with E-state index >= 15 is 0 Å². The first-order chi connectivity index (χ1) is 11.7. The summed E-state index contributed by atoms with van der Waals surface area (Å²) in [5, 5.41) is 3.31. The molecule has 0 aliphatic carbocycles. The molecule has 0 saturated heterocycles. The highest BCUT2D eigenvalue weighted by Crippen LogP contribution is 2.30. The van der Waals surface area contributed by atoms with Gasteiger partial charge in [0.25, 0.3) is 0 Å². The van der Waals surface area contributed by atoms with Crippen LogP contribution in [0.1, 0.15) is 27.2 Å². The van der Waals surface area contributed by atoms with Crippen LogP contribution in [0.15, 0.2) is 36.7 Å². The number of halogens is 2. The van der Waals surface area contributed by atoms with Crippen molar-refractivity contribution in [2.45, 2.75) is 27.2 Å². The fourth-order valence-electron chi connectivity index (χ4n) is 2.54. The van der Waals surface area contributed by atoms with Gasteiger partial charge in [-0.15, -0.1) is 0 Å². The first-order valence-electron chi connectivity index (χ1n) is 7.82. The molecule has 0 aromatic carbocycles. The molecule has 0 saturated carbocycles. The molecule has 3 aromatic heterocycles. The van der Waals surface area contributed by atoms with E-state index in [0.29, 0.717) is 34.3 Å². The Morgan fingerprint density at radius 1 is 1.32 bits per heavy atom. The summed E-state index contributed by atoms with van der Waals surface area (Å²) in [5.74, 6) is -0.255. The van der Waals surface area contributed by atoms with E-state index in [0.717, 1.165) is 0 Å². The van der Waals surface area contributed by atoms with E-state index in [2.05, 4.69) is 15.3 Å². The molecule has 0 unspecified atom stereocenters. The number of nitrogens with zero attached hydrogens (tertiary/aromatic N) is 3. The summed E-state index contributed by atoms with van der Waals surface area (Å²) in [7, 11) is 0. The zero-order chi connectivity index (χ0) is 18.2. The van der Waals surface area contributed by atoms with Gasteiger partial charge >= 0.3 is 0 Å². The van der Waals surface area contributed by atoms with Crippen molar-refractivity contribution in [3.8, 4) is 11.4 Å². The molecule has 0 radical (unpaired) electrons. The Morgan fingerprint density at radius 3 is 2.76 bits per heavy atom. The van der Waals surface area contributed by atoms with Crippen molar-refractivity contribution in [3.63, 3.8) is 0 Å². The van der Waals surface area contributed by atoms with Crippen molar-refractivity contribution in [2.75, 3.05) is 5.32 Å². The molecular formula is C18H18ClFN4O. The van der Waals surface area contributed by atoms with Gasteiger partial charge in [-0.25, -0.2) is 9.37 Å². The van der Waals surface area contributed by atoms with Crippen molar-refractivity contribution in [2.24, 2.45) is 5.41 Å². The Balaban J connectivity index is 2.11. The monoisotopic (exact) mass is 360 g/mol. The largest absolute Gasteiger partial charge is 0.309 e. The molecule has 0 bridgehead atoms. The predicted molar refractivity (Wildman–Crippen MR) is 96.1 cm³/mol. The van der Waals surface area contributed by atoms with Crippen molar-refractivity contribution in [1.29, 1.82) is 0 Å². The van der Waals surface area contributed by atoms with Crippen molar-refractivity contribution >= 4 is 29.0 Å². The maximum Gasteiger partial charge on any atom is 0.226 e. The number of anilines is 1. The maximum absolute atomic E-state index is 13.7. The smallest absolute Gasteiger partial charge is 0.226 e. The fourth-order valence-corrected chi connectivity index (χ4v) is 2.70. The molecule has 0 atom stereocenters. The van der Waals surface area contributed by atoms with E-state index in [4.69, 9.17) is 11.6 Å². The highest BCUT2D eigenvalue weighted by Gasteiger charge is 2.21. The zero-order valence-corrected chi connectivity index (χ0v) is 14.9. The zero-order valence-electron chi connectivity index (χ0n) is 14.2. The Kier molecular flexibility index (Phi) is 4.47. The van der Waals surface area contributed by atoms with Gasteiger partial charge in [0.15, 0.2) is 5.82 Å². The molecule has 1 N–H and O–H groups in total. The highest BCUT2D eigenvalue weighted by atomic mass is 35.5. The molecule has 3 aromatic rings. The Hall–Kier alpha value is -2.47. The van der Waals surface area contributed by atoms with Gasteiger partial charge in [-0.3, -0.25) is 14.2 Å². The van der Waals surface area contributed by atoms with Gasteiger partial charge in [0, 0.05) is 23.8 Å². The molecule has 0 fully saturated rings. The maximum atomic E-state index is 13.7. The topological polar surface area (TPSA) is 59.3 Å². The summed E-state index contributed by atoms with van der Waals surface area (Å²) < 4.78 is 15.3. The number of nitrogens with one attached hydrogen (secondary N) is 1. The van der Waals surface area contributed by atoms with Gasteiger partial charge in [0.05, 0.1) is 5.69 Å². The van der Waals surface area contributed by atoms with Gasteiger partial charge in [0.2, 0.25) is 5.91 Å². The normalized spacial score (nSPS) is 11.7. The molecule has 130 valence electrons. The standard InChI is InChI=1S/C18H18ClFN4O/c1-18(2,3)9-15(25)23-17-16(13-8-11(19)6-7-21-13)24-10-12(20)4-5-14(24)22-17/h4-8,10H,9H2,1-3H3,(H,23,25). The summed E-state index contributed by atoms with van der Waals surface area (Å²) in [6, 6.07) is 6.16. The first-order valence-corrected chi connectivity index (χ1v) is 8.20. The van der Waals surface area contributed by atoms with Gasteiger partial charge in [-0.2, -0.15) is 0 Å². The summed E-state index contributed by atoms with van der Waals surface area (Å²) >= 11 is 6.06. The second kappa shape index (κ2) is 6.44.